The first kappa shape index (κ1) is 16.4. The molecule has 0 bridgehead atoms. The van der Waals surface area contributed by atoms with E-state index in [2.05, 4.69) is 20.6 Å². The van der Waals surface area contributed by atoms with E-state index in [0.717, 1.165) is 11.3 Å². The number of benzene rings is 1. The van der Waals surface area contributed by atoms with Crippen LogP contribution in [0.25, 0.3) is 0 Å². The highest BCUT2D eigenvalue weighted by molar-refractivity contribution is 7.09. The lowest BCUT2D eigenvalue weighted by molar-refractivity contribution is 0.607. The van der Waals surface area contributed by atoms with Crippen LogP contribution in [-0.2, 0) is 6.54 Å². The van der Waals surface area contributed by atoms with E-state index in [-0.39, 0.29) is 11.9 Å². The van der Waals surface area contributed by atoms with Crippen LogP contribution in [0, 0.1) is 19.7 Å². The highest BCUT2D eigenvalue weighted by Gasteiger charge is 2.10. The van der Waals surface area contributed by atoms with Crippen LogP contribution < -0.4 is 10.6 Å². The van der Waals surface area contributed by atoms with Gasteiger partial charge in [0.2, 0.25) is 0 Å². The number of halogens is 1. The number of aliphatic imine (C=N–C) groups is 1. The molecule has 118 valence electrons. The zero-order valence-corrected chi connectivity index (χ0v) is 14.1. The van der Waals surface area contributed by atoms with Gasteiger partial charge in [-0.3, -0.25) is 4.99 Å². The second kappa shape index (κ2) is 7.35. The van der Waals surface area contributed by atoms with E-state index in [1.807, 2.05) is 25.4 Å². The van der Waals surface area contributed by atoms with Gasteiger partial charge in [-0.05, 0) is 38.0 Å². The number of nitrogens with one attached hydrogen (secondary N) is 2. The predicted molar refractivity (Wildman–Crippen MR) is 89.7 cm³/mol. The maximum absolute atomic E-state index is 13.7. The van der Waals surface area contributed by atoms with Gasteiger partial charge in [0.25, 0.3) is 0 Å². The fourth-order valence-electron chi connectivity index (χ4n) is 2.02. The highest BCUT2D eigenvalue weighted by atomic mass is 32.1. The quantitative estimate of drug-likeness (QED) is 0.671. The monoisotopic (exact) mass is 320 g/mol. The van der Waals surface area contributed by atoms with Crippen molar-refractivity contribution in [1.29, 1.82) is 0 Å². The van der Waals surface area contributed by atoms with Gasteiger partial charge in [-0.25, -0.2) is 9.37 Å². The Bertz CT molecular complexity index is 666. The standard InChI is InChI=1S/C16H21FN4S/c1-10-5-6-13(7-14(10)17)11(2)21-16(18-4)19-8-15-12(3)20-9-22-15/h5-7,9,11H,8H2,1-4H3,(H2,18,19,21). The summed E-state index contributed by atoms with van der Waals surface area (Å²) in [6.45, 7) is 6.40. The van der Waals surface area contributed by atoms with Crippen molar-refractivity contribution in [3.63, 3.8) is 0 Å². The molecule has 0 saturated heterocycles. The van der Waals surface area contributed by atoms with Gasteiger partial charge in [0.05, 0.1) is 23.8 Å². The smallest absolute Gasteiger partial charge is 0.191 e. The minimum atomic E-state index is -0.186. The Kier molecular flexibility index (Phi) is 5.49. The van der Waals surface area contributed by atoms with E-state index in [0.29, 0.717) is 18.1 Å². The van der Waals surface area contributed by atoms with Crippen LogP contribution in [0.1, 0.15) is 34.7 Å². The van der Waals surface area contributed by atoms with E-state index in [1.165, 1.54) is 4.88 Å². The molecule has 0 radical (unpaired) electrons. The molecule has 0 aliphatic carbocycles. The fourth-order valence-corrected chi connectivity index (χ4v) is 2.74. The molecular weight excluding hydrogens is 299 g/mol. The molecule has 1 unspecified atom stereocenters. The van der Waals surface area contributed by atoms with Crippen molar-refractivity contribution in [3.8, 4) is 0 Å². The van der Waals surface area contributed by atoms with Crippen molar-refractivity contribution >= 4 is 17.3 Å². The van der Waals surface area contributed by atoms with Gasteiger partial charge in [0.15, 0.2) is 5.96 Å². The Morgan fingerprint density at radius 3 is 2.77 bits per heavy atom. The van der Waals surface area contributed by atoms with E-state index < -0.39 is 0 Å². The van der Waals surface area contributed by atoms with E-state index in [1.54, 1.807) is 37.4 Å². The molecule has 0 aliphatic rings. The number of guanidine groups is 1. The molecule has 0 fully saturated rings. The van der Waals surface area contributed by atoms with Crippen molar-refractivity contribution in [2.75, 3.05) is 7.05 Å². The summed E-state index contributed by atoms with van der Waals surface area (Å²) in [4.78, 5) is 9.61. The van der Waals surface area contributed by atoms with E-state index >= 15 is 0 Å². The molecule has 2 rings (SSSR count). The first-order valence-electron chi connectivity index (χ1n) is 7.13. The van der Waals surface area contributed by atoms with E-state index in [4.69, 9.17) is 0 Å². The Balaban J connectivity index is 1.97. The average molecular weight is 320 g/mol. The van der Waals surface area contributed by atoms with Crippen LogP contribution in [0.2, 0.25) is 0 Å². The molecule has 1 atom stereocenters. The Labute approximate surface area is 134 Å². The van der Waals surface area contributed by atoms with Gasteiger partial charge in [-0.1, -0.05) is 12.1 Å². The highest BCUT2D eigenvalue weighted by Crippen LogP contribution is 2.16. The van der Waals surface area contributed by atoms with Crippen LogP contribution >= 0.6 is 11.3 Å². The Morgan fingerprint density at radius 1 is 1.41 bits per heavy atom. The third-order valence-electron chi connectivity index (χ3n) is 3.53. The van der Waals surface area contributed by atoms with Crippen LogP contribution in [0.4, 0.5) is 4.39 Å². The topological polar surface area (TPSA) is 49.3 Å². The molecule has 0 amide bonds. The number of hydrogen-bond acceptors (Lipinski definition) is 3. The largest absolute Gasteiger partial charge is 0.351 e. The van der Waals surface area contributed by atoms with Gasteiger partial charge in [-0.15, -0.1) is 11.3 Å². The minimum Gasteiger partial charge on any atom is -0.351 e. The number of aryl methyl sites for hydroxylation is 2. The normalized spacial score (nSPS) is 13.0. The number of nitrogens with zero attached hydrogens (tertiary/aromatic N) is 2. The molecule has 1 heterocycles. The molecule has 1 aromatic carbocycles. The Hall–Kier alpha value is -1.95. The van der Waals surface area contributed by atoms with Gasteiger partial charge >= 0.3 is 0 Å². The molecule has 1 aromatic heterocycles. The summed E-state index contributed by atoms with van der Waals surface area (Å²) in [5, 5.41) is 6.52. The van der Waals surface area contributed by atoms with Crippen molar-refractivity contribution in [3.05, 3.63) is 51.2 Å². The number of aromatic nitrogens is 1. The zero-order chi connectivity index (χ0) is 16.1. The molecule has 22 heavy (non-hydrogen) atoms. The van der Waals surface area contributed by atoms with Crippen molar-refractivity contribution in [2.45, 2.75) is 33.4 Å². The third-order valence-corrected chi connectivity index (χ3v) is 4.47. The third kappa shape index (κ3) is 4.04. The lowest BCUT2D eigenvalue weighted by Crippen LogP contribution is -2.38. The second-order valence-corrected chi connectivity index (χ2v) is 6.10. The number of hydrogen-bond donors (Lipinski definition) is 2. The lowest BCUT2D eigenvalue weighted by atomic mass is 10.1. The maximum Gasteiger partial charge on any atom is 0.191 e. The molecule has 0 aliphatic heterocycles. The second-order valence-electron chi connectivity index (χ2n) is 5.16. The summed E-state index contributed by atoms with van der Waals surface area (Å²) < 4.78 is 13.7. The Morgan fingerprint density at radius 2 is 2.18 bits per heavy atom. The van der Waals surface area contributed by atoms with Gasteiger partial charge in [0, 0.05) is 11.9 Å². The van der Waals surface area contributed by atoms with Gasteiger partial charge in [0.1, 0.15) is 5.82 Å². The van der Waals surface area contributed by atoms with Gasteiger partial charge in [-0.2, -0.15) is 0 Å². The van der Waals surface area contributed by atoms with Crippen molar-refractivity contribution < 1.29 is 4.39 Å². The fraction of sp³-hybridized carbons (Fsp3) is 0.375. The van der Waals surface area contributed by atoms with E-state index in [9.17, 15) is 4.39 Å². The number of rotatable bonds is 4. The summed E-state index contributed by atoms with van der Waals surface area (Å²) in [6, 6.07) is 5.24. The molecule has 2 aromatic rings. The molecule has 0 saturated carbocycles. The molecule has 2 N–H and O–H groups in total. The summed E-state index contributed by atoms with van der Waals surface area (Å²) >= 11 is 1.61. The SMILES string of the molecule is CN=C(NCc1scnc1C)NC(C)c1ccc(C)c(F)c1. The molecular formula is C16H21FN4S. The first-order chi connectivity index (χ1) is 10.5. The summed E-state index contributed by atoms with van der Waals surface area (Å²) in [6.07, 6.45) is 0. The van der Waals surface area contributed by atoms with Crippen LogP contribution in [-0.4, -0.2) is 18.0 Å². The predicted octanol–water partition coefficient (Wildman–Crippen LogP) is 3.33. The van der Waals surface area contributed by atoms with Gasteiger partial charge < -0.3 is 10.6 Å². The van der Waals surface area contributed by atoms with Crippen LogP contribution in [0.3, 0.4) is 0 Å². The van der Waals surface area contributed by atoms with Crippen LogP contribution in [0.15, 0.2) is 28.7 Å². The average Bonchev–Trinajstić information content (AvgIpc) is 2.91. The van der Waals surface area contributed by atoms with Crippen molar-refractivity contribution in [1.82, 2.24) is 15.6 Å². The molecule has 0 spiro atoms. The maximum atomic E-state index is 13.7. The molecule has 6 heteroatoms. The molecule has 4 nitrogen and oxygen atoms in total. The number of thiazole rings is 1. The summed E-state index contributed by atoms with van der Waals surface area (Å²) in [7, 11) is 1.72. The first-order valence-corrected chi connectivity index (χ1v) is 8.01. The lowest BCUT2D eigenvalue weighted by Gasteiger charge is -2.18. The van der Waals surface area contributed by atoms with Crippen LogP contribution in [0.5, 0.6) is 0 Å². The summed E-state index contributed by atoms with van der Waals surface area (Å²) in [5.74, 6) is 0.496. The van der Waals surface area contributed by atoms with Crippen molar-refractivity contribution in [2.24, 2.45) is 4.99 Å². The summed E-state index contributed by atoms with van der Waals surface area (Å²) in [5.41, 5.74) is 4.40. The minimum absolute atomic E-state index is 0.0381. The zero-order valence-electron chi connectivity index (χ0n) is 13.3.